The van der Waals surface area contributed by atoms with Gasteiger partial charge in [0.15, 0.2) is 10.8 Å². The van der Waals surface area contributed by atoms with Crippen molar-refractivity contribution < 1.29 is 33.3 Å². The topological polar surface area (TPSA) is 132 Å². The predicted molar refractivity (Wildman–Crippen MR) is 228 cm³/mol. The summed E-state index contributed by atoms with van der Waals surface area (Å²) in [5, 5.41) is 3.57. The van der Waals surface area contributed by atoms with Gasteiger partial charge in [0.05, 0.1) is 36.6 Å². The van der Waals surface area contributed by atoms with Crippen LogP contribution in [0.15, 0.2) is 72.8 Å². The molecule has 0 aliphatic carbocycles. The Labute approximate surface area is 348 Å². The lowest BCUT2D eigenvalue weighted by Gasteiger charge is -2.38. The summed E-state index contributed by atoms with van der Waals surface area (Å²) in [6, 6.07) is 24.0. The Bertz CT molecular complexity index is 2330. The van der Waals surface area contributed by atoms with Gasteiger partial charge in [0.2, 0.25) is 0 Å². The number of pyridine rings is 1. The first kappa shape index (κ1) is 40.4. The number of carbonyl (C=O) groups excluding carboxylic acids is 3. The molecule has 3 atom stereocenters. The smallest absolute Gasteiger partial charge is 0.358 e. The molecular formula is C46H51N5O7S. The average Bonchev–Trinajstić information content (AvgIpc) is 3.73. The number of fused-ring (bicyclic) bond motifs is 4. The van der Waals surface area contributed by atoms with Crippen LogP contribution >= 0.6 is 11.3 Å². The first-order valence-corrected chi connectivity index (χ1v) is 21.2. The van der Waals surface area contributed by atoms with E-state index in [0.29, 0.717) is 79.2 Å². The molecule has 3 aliphatic heterocycles. The number of nitrogens with one attached hydrogen (secondary N) is 1. The van der Waals surface area contributed by atoms with Crippen LogP contribution in [0.4, 0.5) is 10.9 Å². The summed E-state index contributed by atoms with van der Waals surface area (Å²) < 4.78 is 24.4. The summed E-state index contributed by atoms with van der Waals surface area (Å²) in [5.74, 6) is 0.391. The van der Waals surface area contributed by atoms with Crippen molar-refractivity contribution in [1.29, 1.82) is 0 Å². The number of thiazole rings is 1. The predicted octanol–water partition coefficient (Wildman–Crippen LogP) is 8.00. The van der Waals surface area contributed by atoms with E-state index < -0.39 is 11.6 Å². The van der Waals surface area contributed by atoms with E-state index in [-0.39, 0.29) is 23.7 Å². The molecule has 3 aromatic carbocycles. The van der Waals surface area contributed by atoms with Crippen molar-refractivity contribution in [2.45, 2.75) is 90.1 Å². The average molecular weight is 818 g/mol. The summed E-state index contributed by atoms with van der Waals surface area (Å²) in [5.41, 5.74) is 5.26. The van der Waals surface area contributed by atoms with Crippen LogP contribution in [0, 0.1) is 6.92 Å². The first-order chi connectivity index (χ1) is 28.4. The zero-order chi connectivity index (χ0) is 41.3. The minimum absolute atomic E-state index is 0.125. The molecule has 2 bridgehead atoms. The Kier molecular flexibility index (Phi) is 11.7. The number of hydrogen-bond donors (Lipinski definition) is 1. The fraction of sp³-hybridized carbons (Fsp3) is 0.413. The van der Waals surface area contributed by atoms with Crippen molar-refractivity contribution in [3.63, 3.8) is 0 Å². The van der Waals surface area contributed by atoms with E-state index in [1.807, 2.05) is 94.4 Å². The van der Waals surface area contributed by atoms with E-state index in [4.69, 9.17) is 23.9 Å². The lowest BCUT2D eigenvalue weighted by molar-refractivity contribution is -0.144. The van der Waals surface area contributed by atoms with Gasteiger partial charge in [0.25, 0.3) is 5.91 Å². The number of anilines is 2. The molecule has 13 heteroatoms. The maximum absolute atomic E-state index is 13.9. The molecule has 8 rings (SSSR count). The molecule has 3 aliphatic rings. The lowest BCUT2D eigenvalue weighted by Crippen LogP contribution is -2.47. The second-order valence-electron chi connectivity index (χ2n) is 16.5. The van der Waals surface area contributed by atoms with E-state index in [0.717, 1.165) is 58.2 Å². The second kappa shape index (κ2) is 17.1. The summed E-state index contributed by atoms with van der Waals surface area (Å²) in [6.07, 6.45) is 4.76. The fourth-order valence-electron chi connectivity index (χ4n) is 8.66. The first-order valence-electron chi connectivity index (χ1n) is 20.4. The molecule has 5 heterocycles. The van der Waals surface area contributed by atoms with Crippen molar-refractivity contribution in [3.05, 3.63) is 101 Å². The van der Waals surface area contributed by atoms with Crippen molar-refractivity contribution in [3.8, 4) is 16.9 Å². The van der Waals surface area contributed by atoms with Crippen molar-refractivity contribution in [2.24, 2.45) is 0 Å². The molecule has 308 valence electrons. The quantitative estimate of drug-likeness (QED) is 0.0971. The molecule has 1 unspecified atom stereocenters. The number of amides is 1. The number of aromatic nitrogens is 2. The number of ether oxygens (including phenoxy) is 4. The maximum Gasteiger partial charge on any atom is 0.358 e. The number of nitrogens with zero attached hydrogens (tertiary/aromatic N) is 4. The van der Waals surface area contributed by atoms with Gasteiger partial charge in [0, 0.05) is 36.3 Å². The van der Waals surface area contributed by atoms with E-state index in [9.17, 15) is 14.4 Å². The maximum atomic E-state index is 13.9. The van der Waals surface area contributed by atoms with Gasteiger partial charge < -0.3 is 23.8 Å². The zero-order valence-electron chi connectivity index (χ0n) is 34.3. The van der Waals surface area contributed by atoms with Crippen LogP contribution in [0.3, 0.4) is 0 Å². The highest BCUT2D eigenvalue weighted by Gasteiger charge is 2.42. The van der Waals surface area contributed by atoms with Crippen molar-refractivity contribution in [2.75, 3.05) is 43.6 Å². The Morgan fingerprint density at radius 1 is 0.898 bits per heavy atom. The van der Waals surface area contributed by atoms with Gasteiger partial charge in [-0.1, -0.05) is 47.7 Å². The fourth-order valence-corrected chi connectivity index (χ4v) is 9.53. The molecule has 2 saturated heterocycles. The summed E-state index contributed by atoms with van der Waals surface area (Å²) >= 11 is 1.45. The third-order valence-corrected chi connectivity index (χ3v) is 12.4. The molecule has 2 fully saturated rings. The van der Waals surface area contributed by atoms with Crippen LogP contribution < -0.4 is 15.0 Å². The van der Waals surface area contributed by atoms with Crippen LogP contribution in [0.1, 0.15) is 84.0 Å². The largest absolute Gasteiger partial charge is 0.491 e. The summed E-state index contributed by atoms with van der Waals surface area (Å²) in [4.78, 5) is 53.5. The van der Waals surface area contributed by atoms with Crippen molar-refractivity contribution in [1.82, 2.24) is 14.9 Å². The molecular weight excluding hydrogens is 767 g/mol. The number of esters is 2. The Morgan fingerprint density at radius 2 is 1.68 bits per heavy atom. The van der Waals surface area contributed by atoms with Gasteiger partial charge in [-0.05, 0) is 118 Å². The van der Waals surface area contributed by atoms with E-state index >= 15 is 0 Å². The summed E-state index contributed by atoms with van der Waals surface area (Å²) in [6.45, 7) is 9.76. The number of methoxy groups -OCH3 is 1. The van der Waals surface area contributed by atoms with Crippen LogP contribution in [-0.4, -0.2) is 89.9 Å². The van der Waals surface area contributed by atoms with Gasteiger partial charge >= 0.3 is 11.9 Å². The van der Waals surface area contributed by atoms with Gasteiger partial charge in [-0.25, -0.2) is 14.8 Å². The van der Waals surface area contributed by atoms with E-state index in [2.05, 4.69) is 26.2 Å². The van der Waals surface area contributed by atoms with Crippen LogP contribution in [0.25, 0.3) is 21.3 Å². The second-order valence-corrected chi connectivity index (χ2v) is 17.5. The highest BCUT2D eigenvalue weighted by Crippen LogP contribution is 2.38. The molecule has 0 radical (unpaired) electrons. The molecule has 2 aromatic heterocycles. The van der Waals surface area contributed by atoms with Gasteiger partial charge in [-0.15, -0.1) is 0 Å². The molecule has 1 amide bonds. The van der Waals surface area contributed by atoms with E-state index in [1.165, 1.54) is 18.4 Å². The van der Waals surface area contributed by atoms with Crippen molar-refractivity contribution >= 4 is 50.3 Å². The Balaban J connectivity index is 0.978. The number of carbonyl (C=O) groups is 3. The number of hydrogen-bond acceptors (Lipinski definition) is 12. The third kappa shape index (κ3) is 8.97. The van der Waals surface area contributed by atoms with Gasteiger partial charge in [-0.2, -0.15) is 0 Å². The van der Waals surface area contributed by atoms with Crippen LogP contribution in [-0.2, 0) is 32.0 Å². The Morgan fingerprint density at radius 3 is 2.44 bits per heavy atom. The minimum atomic E-state index is -0.737. The normalized spacial score (nSPS) is 19.0. The molecule has 0 saturated carbocycles. The number of piperidine rings is 1. The summed E-state index contributed by atoms with van der Waals surface area (Å²) in [7, 11) is 1.44. The minimum Gasteiger partial charge on any atom is -0.491 e. The SMILES string of the molecule is COC(=O)CN1[C@@H]2CC[C@H]1CC(OCCOc1cccc(-c3ccc(N4CCc5cccc(C(=O)Nc6nc7ccccc7s6)c5C4)nc3C(=O)OC(C)(C)C)c1C)C2. The monoisotopic (exact) mass is 817 g/mol. The molecule has 0 spiro atoms. The highest BCUT2D eigenvalue weighted by molar-refractivity contribution is 7.22. The van der Waals surface area contributed by atoms with Crippen LogP contribution in [0.5, 0.6) is 5.75 Å². The molecule has 12 nitrogen and oxygen atoms in total. The standard InChI is InChI=1S/C46H51N5O7S/c1-28-33(11-9-14-38(28)57-23-22-56-32-24-30-16-17-31(25-32)51(30)27-41(52)55-5)34-18-19-40(48-42(34)44(54)58-46(2,3)4)50-21-20-29-10-8-12-35(36(29)26-50)43(53)49-45-47-37-13-6-7-15-39(37)59-45/h6-15,18-19,30-32H,16-17,20-27H2,1-5H3,(H,47,49,53)/t30-,31+,32?. The number of rotatable bonds is 12. The number of para-hydroxylation sites is 1. The highest BCUT2D eigenvalue weighted by atomic mass is 32.1. The number of benzene rings is 3. The van der Waals surface area contributed by atoms with E-state index in [1.54, 1.807) is 0 Å². The third-order valence-electron chi connectivity index (χ3n) is 11.5. The molecule has 5 aromatic rings. The lowest BCUT2D eigenvalue weighted by atomic mass is 9.94. The molecule has 1 N–H and O–H groups in total. The molecule has 59 heavy (non-hydrogen) atoms. The zero-order valence-corrected chi connectivity index (χ0v) is 35.1. The van der Waals surface area contributed by atoms with Crippen LogP contribution in [0.2, 0.25) is 0 Å². The Hall–Kier alpha value is -5.37. The van der Waals surface area contributed by atoms with Gasteiger partial charge in [0.1, 0.15) is 23.8 Å². The van der Waals surface area contributed by atoms with Gasteiger partial charge in [-0.3, -0.25) is 19.8 Å².